The van der Waals surface area contributed by atoms with Crippen molar-refractivity contribution in [3.63, 3.8) is 0 Å². The van der Waals surface area contributed by atoms with E-state index in [2.05, 4.69) is 133 Å². The molecule has 0 radical (unpaired) electrons. The minimum absolute atomic E-state index is 1.000. The van der Waals surface area contributed by atoms with E-state index in [4.69, 9.17) is 0 Å². The first-order chi connectivity index (χ1) is 17.3. The third-order valence-electron chi connectivity index (χ3n) is 6.85. The number of nitrogens with zero attached hydrogens (tertiary/aromatic N) is 1. The Morgan fingerprint density at radius 3 is 2.37 bits per heavy atom. The van der Waals surface area contributed by atoms with Gasteiger partial charge in [0.15, 0.2) is 0 Å². The number of hydrogen-bond donors (Lipinski definition) is 0. The molecule has 0 amide bonds. The number of rotatable bonds is 7. The number of anilines is 1. The lowest BCUT2D eigenvalue weighted by atomic mass is 9.95. The fraction of sp³-hybridized carbons (Fsp3) is 0.176. The van der Waals surface area contributed by atoms with Crippen molar-refractivity contribution in [2.45, 2.75) is 32.1 Å². The van der Waals surface area contributed by atoms with Gasteiger partial charge in [-0.15, -0.1) is 0 Å². The van der Waals surface area contributed by atoms with E-state index >= 15 is 0 Å². The highest BCUT2D eigenvalue weighted by Crippen LogP contribution is 2.37. The number of hydrogen-bond acceptors (Lipinski definition) is 1. The predicted octanol–water partition coefficient (Wildman–Crippen LogP) is 9.37. The van der Waals surface area contributed by atoms with Gasteiger partial charge in [-0.1, -0.05) is 103 Å². The lowest BCUT2D eigenvalue weighted by molar-refractivity contribution is 0.897. The molecule has 0 fully saturated rings. The summed E-state index contributed by atoms with van der Waals surface area (Å²) in [5.74, 6) is 0. The topological polar surface area (TPSA) is 3.24 Å². The molecule has 0 saturated heterocycles. The van der Waals surface area contributed by atoms with Crippen molar-refractivity contribution in [1.29, 1.82) is 0 Å². The molecule has 3 aromatic carbocycles. The van der Waals surface area contributed by atoms with Crippen molar-refractivity contribution in [2.24, 2.45) is 0 Å². The van der Waals surface area contributed by atoms with Gasteiger partial charge in [-0.25, -0.2) is 0 Å². The van der Waals surface area contributed by atoms with Gasteiger partial charge in [-0.2, -0.15) is 0 Å². The molecule has 174 valence electrons. The molecule has 0 aromatic heterocycles. The molecule has 1 nitrogen and oxygen atoms in total. The van der Waals surface area contributed by atoms with Gasteiger partial charge in [0.25, 0.3) is 0 Å². The molecule has 35 heavy (non-hydrogen) atoms. The second kappa shape index (κ2) is 11.1. The number of benzene rings is 3. The van der Waals surface area contributed by atoms with Gasteiger partial charge in [0.05, 0.1) is 0 Å². The van der Waals surface area contributed by atoms with Gasteiger partial charge < -0.3 is 4.90 Å². The summed E-state index contributed by atoms with van der Waals surface area (Å²) < 4.78 is 0. The highest BCUT2D eigenvalue weighted by Gasteiger charge is 2.15. The molecule has 2 aliphatic rings. The highest BCUT2D eigenvalue weighted by molar-refractivity contribution is 5.84. The van der Waals surface area contributed by atoms with Crippen LogP contribution in [0.15, 0.2) is 127 Å². The van der Waals surface area contributed by atoms with Crippen LogP contribution in [0.4, 0.5) is 5.69 Å². The van der Waals surface area contributed by atoms with Crippen LogP contribution in [0, 0.1) is 0 Å². The molecule has 5 rings (SSSR count). The summed E-state index contributed by atoms with van der Waals surface area (Å²) >= 11 is 0. The third-order valence-corrected chi connectivity index (χ3v) is 6.85. The molecule has 0 atom stereocenters. The zero-order valence-corrected chi connectivity index (χ0v) is 20.5. The fourth-order valence-electron chi connectivity index (χ4n) is 4.82. The second-order valence-corrected chi connectivity index (χ2v) is 9.27. The smallest absolute Gasteiger partial charge is 0.0485 e. The second-order valence-electron chi connectivity index (χ2n) is 9.27. The maximum absolute atomic E-state index is 2.35. The predicted molar refractivity (Wildman–Crippen MR) is 152 cm³/mol. The first-order valence-electron chi connectivity index (χ1n) is 12.7. The Labute approximate surface area is 210 Å². The Morgan fingerprint density at radius 1 is 0.800 bits per heavy atom. The minimum atomic E-state index is 1.000. The first kappa shape index (κ1) is 22.9. The Morgan fingerprint density at radius 2 is 1.63 bits per heavy atom. The Hall–Kier alpha value is -3.84. The molecule has 0 heterocycles. The van der Waals surface area contributed by atoms with Crippen molar-refractivity contribution in [3.8, 4) is 22.3 Å². The van der Waals surface area contributed by atoms with Crippen molar-refractivity contribution in [2.75, 3.05) is 11.9 Å². The van der Waals surface area contributed by atoms with Crippen molar-refractivity contribution in [3.05, 3.63) is 132 Å². The van der Waals surface area contributed by atoms with Crippen LogP contribution in [0.1, 0.15) is 37.7 Å². The summed E-state index contributed by atoms with van der Waals surface area (Å²) in [7, 11) is 2.19. The Bertz CT molecular complexity index is 1300. The summed E-state index contributed by atoms with van der Waals surface area (Å²) in [5.41, 5.74) is 10.2. The average molecular weight is 456 g/mol. The van der Waals surface area contributed by atoms with E-state index in [1.165, 1.54) is 57.6 Å². The molecular formula is C34H33N. The maximum Gasteiger partial charge on any atom is 0.0485 e. The van der Waals surface area contributed by atoms with E-state index in [9.17, 15) is 0 Å². The third kappa shape index (κ3) is 5.63. The van der Waals surface area contributed by atoms with Crippen LogP contribution in [0.5, 0.6) is 0 Å². The van der Waals surface area contributed by atoms with Crippen LogP contribution in [-0.4, -0.2) is 7.05 Å². The van der Waals surface area contributed by atoms with Crippen molar-refractivity contribution >= 4 is 11.8 Å². The van der Waals surface area contributed by atoms with Crippen molar-refractivity contribution < 1.29 is 0 Å². The lowest BCUT2D eigenvalue weighted by Crippen LogP contribution is -2.18. The minimum Gasteiger partial charge on any atom is -0.348 e. The summed E-state index contributed by atoms with van der Waals surface area (Å²) in [4.78, 5) is 2.35. The molecule has 0 aliphatic heterocycles. The molecule has 0 N–H and O–H groups in total. The van der Waals surface area contributed by atoms with Gasteiger partial charge in [0.1, 0.15) is 0 Å². The van der Waals surface area contributed by atoms with E-state index in [1.54, 1.807) is 0 Å². The molecule has 0 saturated carbocycles. The average Bonchev–Trinajstić information content (AvgIpc) is 2.94. The summed E-state index contributed by atoms with van der Waals surface area (Å²) in [6.07, 6.45) is 23.5. The molecule has 2 aliphatic carbocycles. The SMILES string of the molecule is CN(C1=CC=CCC1)c1ccc(-c2ccc(/C=C\CC3=CCCC=C3)cc2)cc1-c1ccccc1. The van der Waals surface area contributed by atoms with Crippen LogP contribution < -0.4 is 4.90 Å². The zero-order chi connectivity index (χ0) is 23.9. The van der Waals surface area contributed by atoms with E-state index in [1.807, 2.05) is 0 Å². The van der Waals surface area contributed by atoms with Crippen LogP contribution in [0.25, 0.3) is 28.3 Å². The molecule has 0 spiro atoms. The lowest BCUT2D eigenvalue weighted by Gasteiger charge is -2.27. The van der Waals surface area contributed by atoms with Crippen LogP contribution in [0.3, 0.4) is 0 Å². The maximum atomic E-state index is 2.35. The standard InChI is InChI=1S/C34H33N/c1-35(32-18-9-4-10-19-32)34-25-24-31(26-33(34)30-16-7-3-8-17-30)29-22-20-28(21-23-29)15-11-14-27-12-5-2-6-13-27/h3-5,7-9,11-13,15-18,20-26H,2,6,10,14,19H2,1H3/b15-11-. The van der Waals surface area contributed by atoms with Crippen molar-refractivity contribution in [1.82, 2.24) is 0 Å². The largest absolute Gasteiger partial charge is 0.348 e. The first-order valence-corrected chi connectivity index (χ1v) is 12.7. The van der Waals surface area contributed by atoms with E-state index < -0.39 is 0 Å². The zero-order valence-electron chi connectivity index (χ0n) is 20.5. The van der Waals surface area contributed by atoms with Gasteiger partial charge >= 0.3 is 0 Å². The summed E-state index contributed by atoms with van der Waals surface area (Å²) in [6.45, 7) is 0. The highest BCUT2D eigenvalue weighted by atomic mass is 15.1. The summed E-state index contributed by atoms with van der Waals surface area (Å²) in [6, 6.07) is 26.5. The molecule has 1 heteroatoms. The molecule has 0 unspecified atom stereocenters. The Balaban J connectivity index is 1.41. The van der Waals surface area contributed by atoms with E-state index in [0.29, 0.717) is 0 Å². The van der Waals surface area contributed by atoms with Crippen LogP contribution in [0.2, 0.25) is 0 Å². The normalized spacial score (nSPS) is 15.2. The fourth-order valence-corrected chi connectivity index (χ4v) is 4.82. The van der Waals surface area contributed by atoms with Gasteiger partial charge in [-0.3, -0.25) is 0 Å². The molecule has 0 bridgehead atoms. The molecular weight excluding hydrogens is 422 g/mol. The molecule has 3 aromatic rings. The Kier molecular flexibility index (Phi) is 7.24. The van der Waals surface area contributed by atoms with Gasteiger partial charge in [0, 0.05) is 24.0 Å². The van der Waals surface area contributed by atoms with Gasteiger partial charge in [0.2, 0.25) is 0 Å². The van der Waals surface area contributed by atoms with E-state index in [-0.39, 0.29) is 0 Å². The van der Waals surface area contributed by atoms with Crippen LogP contribution in [-0.2, 0) is 0 Å². The van der Waals surface area contributed by atoms with Crippen LogP contribution >= 0.6 is 0 Å². The van der Waals surface area contributed by atoms with Gasteiger partial charge in [-0.05, 0) is 78.1 Å². The summed E-state index contributed by atoms with van der Waals surface area (Å²) in [5, 5.41) is 0. The van der Waals surface area contributed by atoms with E-state index in [0.717, 1.165) is 19.3 Å². The quantitative estimate of drug-likeness (QED) is 0.343. The number of allylic oxidation sites excluding steroid dienone is 9. The monoisotopic (exact) mass is 455 g/mol.